The molecule has 1 N–H and O–H groups in total. The Morgan fingerprint density at radius 1 is 1.36 bits per heavy atom. The minimum Gasteiger partial charge on any atom is -0.497 e. The Morgan fingerprint density at radius 2 is 2.04 bits per heavy atom. The summed E-state index contributed by atoms with van der Waals surface area (Å²) >= 11 is 0. The zero-order valence-corrected chi connectivity index (χ0v) is 18.4. The van der Waals surface area contributed by atoms with E-state index >= 15 is 0 Å². The summed E-state index contributed by atoms with van der Waals surface area (Å²) in [4.78, 5) is 17.8. The van der Waals surface area contributed by atoms with Gasteiger partial charge in [-0.2, -0.15) is 0 Å². The third-order valence-electron chi connectivity index (χ3n) is 4.92. The molecule has 1 aromatic rings. The van der Waals surface area contributed by atoms with Gasteiger partial charge >= 0.3 is 0 Å². The van der Waals surface area contributed by atoms with Gasteiger partial charge in [0, 0.05) is 42.3 Å². The summed E-state index contributed by atoms with van der Waals surface area (Å²) in [5.74, 6) is 1.56. The number of carbonyl (C=O) groups is 1. The lowest BCUT2D eigenvalue weighted by molar-refractivity contribution is -0.108. The average Bonchev–Trinajstić information content (AvgIpc) is 3.56. The highest BCUT2D eigenvalue weighted by atomic mass is 16.5. The molecule has 28 heavy (non-hydrogen) atoms. The highest BCUT2D eigenvalue weighted by molar-refractivity contribution is 5.74. The number of carbonyl (C=O) groups excluding carboxylic acids is 1. The minimum atomic E-state index is 0.533. The molecule has 1 amide bonds. The van der Waals surface area contributed by atoms with E-state index in [1.54, 1.807) is 19.5 Å². The molecule has 0 aliphatic heterocycles. The van der Waals surface area contributed by atoms with Crippen LogP contribution in [0.5, 0.6) is 5.75 Å². The lowest BCUT2D eigenvalue weighted by Crippen LogP contribution is -2.34. The van der Waals surface area contributed by atoms with Crippen LogP contribution >= 0.6 is 0 Å². The van der Waals surface area contributed by atoms with Crippen molar-refractivity contribution in [1.29, 1.82) is 0 Å². The number of rotatable bonds is 11. The average molecular weight is 388 g/mol. The summed E-state index contributed by atoms with van der Waals surface area (Å²) in [6.07, 6.45) is 11.1. The lowest BCUT2D eigenvalue weighted by atomic mass is 10.1. The minimum absolute atomic E-state index is 0.533. The highest BCUT2D eigenvalue weighted by Gasteiger charge is 2.27. The van der Waals surface area contributed by atoms with Crippen LogP contribution in [0.25, 0.3) is 5.57 Å². The Kier molecular flexibility index (Phi) is 11.0. The van der Waals surface area contributed by atoms with Crippen molar-refractivity contribution in [3.63, 3.8) is 0 Å². The van der Waals surface area contributed by atoms with Crippen LogP contribution in [-0.4, -0.2) is 36.0 Å². The van der Waals surface area contributed by atoms with Crippen molar-refractivity contribution in [2.24, 2.45) is 5.92 Å². The number of hydrogen-bond acceptors (Lipinski definition) is 4. The number of amides is 1. The number of pyridine rings is 1. The Labute approximate surface area is 170 Å². The number of methoxy groups -OCH3 is 1. The van der Waals surface area contributed by atoms with E-state index in [9.17, 15) is 4.79 Å². The molecule has 0 saturated heterocycles. The summed E-state index contributed by atoms with van der Waals surface area (Å²) in [6, 6.07) is 4.23. The van der Waals surface area contributed by atoms with Crippen LogP contribution in [0.2, 0.25) is 0 Å². The summed E-state index contributed by atoms with van der Waals surface area (Å²) in [6.45, 7) is 11.7. The molecular weight excluding hydrogens is 350 g/mol. The van der Waals surface area contributed by atoms with Crippen molar-refractivity contribution in [1.82, 2.24) is 15.2 Å². The molecule has 2 rings (SSSR count). The second kappa shape index (κ2) is 13.0. The van der Waals surface area contributed by atoms with Gasteiger partial charge in [-0.25, -0.2) is 0 Å². The second-order valence-electron chi connectivity index (χ2n) is 6.82. The Bertz CT molecular complexity index is 647. The molecule has 0 radical (unpaired) electrons. The van der Waals surface area contributed by atoms with Gasteiger partial charge < -0.3 is 15.0 Å². The van der Waals surface area contributed by atoms with Gasteiger partial charge in [-0.3, -0.25) is 9.78 Å². The lowest BCUT2D eigenvalue weighted by Gasteiger charge is -2.33. The maximum atomic E-state index is 10.8. The molecule has 0 atom stereocenters. The normalized spacial score (nSPS) is 14.2. The molecule has 1 heterocycles. The fraction of sp³-hybridized carbons (Fsp3) is 0.565. The van der Waals surface area contributed by atoms with Gasteiger partial charge in [-0.05, 0) is 50.7 Å². The standard InChI is InChI=1S/C21H31N3O2.C2H6/c1-5-19(6-2)24(14-17-7-8-17)16(3)11-18(13-22-15-25)21-12-20(26-4)9-10-23-21;1-2/h9-13,15,17,19H,5-8,14H2,1-4H3,(H,22,25);1-2H3/b16-11+,18-13+;. The maximum absolute atomic E-state index is 10.8. The van der Waals surface area contributed by atoms with Crippen molar-refractivity contribution in [2.45, 2.75) is 66.3 Å². The van der Waals surface area contributed by atoms with Crippen molar-refractivity contribution >= 4 is 12.0 Å². The molecule has 1 saturated carbocycles. The predicted molar refractivity (Wildman–Crippen MR) is 117 cm³/mol. The van der Waals surface area contributed by atoms with Crippen molar-refractivity contribution in [3.05, 3.63) is 42.0 Å². The van der Waals surface area contributed by atoms with Crippen LogP contribution in [0.3, 0.4) is 0 Å². The van der Waals surface area contributed by atoms with Crippen molar-refractivity contribution < 1.29 is 9.53 Å². The van der Waals surface area contributed by atoms with E-state index in [2.05, 4.69) is 42.0 Å². The monoisotopic (exact) mass is 387 g/mol. The number of allylic oxidation sites excluding steroid dienone is 3. The SMILES string of the molecule is CC.CCC(CC)N(CC1CC1)/C(C)=C/C(=C\NC=O)c1cc(OC)ccn1. The van der Waals surface area contributed by atoms with Gasteiger partial charge in [0.25, 0.3) is 0 Å². The summed E-state index contributed by atoms with van der Waals surface area (Å²) in [5.41, 5.74) is 2.84. The van der Waals surface area contributed by atoms with Gasteiger partial charge in [-0.15, -0.1) is 0 Å². The largest absolute Gasteiger partial charge is 0.497 e. The Balaban J connectivity index is 0.00000190. The fourth-order valence-corrected chi connectivity index (χ4v) is 3.21. The number of aromatic nitrogens is 1. The van der Waals surface area contributed by atoms with Crippen LogP contribution in [0.15, 0.2) is 36.3 Å². The van der Waals surface area contributed by atoms with E-state index in [0.29, 0.717) is 12.5 Å². The molecule has 1 aliphatic carbocycles. The number of ether oxygens (including phenoxy) is 1. The quantitative estimate of drug-likeness (QED) is 0.428. The third-order valence-corrected chi connectivity index (χ3v) is 4.92. The van der Waals surface area contributed by atoms with E-state index in [1.807, 2.05) is 26.0 Å². The second-order valence-corrected chi connectivity index (χ2v) is 6.82. The van der Waals surface area contributed by atoms with E-state index in [0.717, 1.165) is 42.3 Å². The molecule has 156 valence electrons. The molecule has 0 spiro atoms. The van der Waals surface area contributed by atoms with Gasteiger partial charge in [0.1, 0.15) is 5.75 Å². The smallest absolute Gasteiger partial charge is 0.211 e. The zero-order valence-electron chi connectivity index (χ0n) is 18.4. The van der Waals surface area contributed by atoms with E-state index < -0.39 is 0 Å². The molecule has 1 aliphatic rings. The van der Waals surface area contributed by atoms with Crippen LogP contribution in [0, 0.1) is 5.92 Å². The van der Waals surface area contributed by atoms with E-state index in [4.69, 9.17) is 4.74 Å². The van der Waals surface area contributed by atoms with Crippen molar-refractivity contribution in [2.75, 3.05) is 13.7 Å². The van der Waals surface area contributed by atoms with Gasteiger partial charge in [0.05, 0.1) is 12.8 Å². The van der Waals surface area contributed by atoms with Gasteiger partial charge in [0.2, 0.25) is 6.41 Å². The molecule has 1 fully saturated rings. The van der Waals surface area contributed by atoms with Gasteiger partial charge in [0.15, 0.2) is 0 Å². The molecular formula is C23H37N3O2. The molecule has 0 bridgehead atoms. The molecule has 5 nitrogen and oxygen atoms in total. The summed E-state index contributed by atoms with van der Waals surface area (Å²) in [7, 11) is 1.64. The summed E-state index contributed by atoms with van der Waals surface area (Å²) in [5, 5.41) is 2.65. The van der Waals surface area contributed by atoms with Crippen molar-refractivity contribution in [3.8, 4) is 5.75 Å². The summed E-state index contributed by atoms with van der Waals surface area (Å²) < 4.78 is 5.31. The van der Waals surface area contributed by atoms with Gasteiger partial charge in [-0.1, -0.05) is 27.7 Å². The highest BCUT2D eigenvalue weighted by Crippen LogP contribution is 2.33. The van der Waals surface area contributed by atoms with Crippen LogP contribution in [-0.2, 0) is 4.79 Å². The first kappa shape index (κ1) is 23.7. The van der Waals surface area contributed by atoms with Crippen LogP contribution in [0.1, 0.15) is 66.0 Å². The predicted octanol–water partition coefficient (Wildman–Crippen LogP) is 5.01. The Hall–Kier alpha value is -2.30. The first-order valence-electron chi connectivity index (χ1n) is 10.5. The molecule has 0 unspecified atom stereocenters. The number of hydrogen-bond donors (Lipinski definition) is 1. The zero-order chi connectivity index (χ0) is 20.9. The first-order chi connectivity index (χ1) is 13.6. The van der Waals surface area contributed by atoms with Crippen LogP contribution < -0.4 is 10.1 Å². The third kappa shape index (κ3) is 7.37. The topological polar surface area (TPSA) is 54.5 Å². The number of nitrogens with one attached hydrogen (secondary N) is 1. The van der Waals surface area contributed by atoms with E-state index in [-0.39, 0.29) is 0 Å². The molecule has 1 aromatic heterocycles. The number of nitrogens with zero attached hydrogens (tertiary/aromatic N) is 2. The Morgan fingerprint density at radius 3 is 2.57 bits per heavy atom. The van der Waals surface area contributed by atoms with E-state index in [1.165, 1.54) is 18.5 Å². The van der Waals surface area contributed by atoms with Crippen LogP contribution in [0.4, 0.5) is 0 Å². The maximum Gasteiger partial charge on any atom is 0.211 e. The molecule has 5 heteroatoms. The molecule has 0 aromatic carbocycles. The fourth-order valence-electron chi connectivity index (χ4n) is 3.21. The first-order valence-corrected chi connectivity index (χ1v) is 10.5.